The summed E-state index contributed by atoms with van der Waals surface area (Å²) in [7, 11) is -2.33. The molecule has 0 aliphatic rings. The Morgan fingerprint density at radius 3 is 2.73 bits per heavy atom. The van der Waals surface area contributed by atoms with Crippen molar-refractivity contribution in [3.8, 4) is 17.4 Å². The zero-order valence-corrected chi connectivity index (χ0v) is 13.3. The molecule has 0 saturated carbocycles. The van der Waals surface area contributed by atoms with Gasteiger partial charge >= 0.3 is 5.97 Å². The number of carbonyl (C=O) groups excluding carboxylic acids is 1. The van der Waals surface area contributed by atoms with E-state index in [9.17, 15) is 13.2 Å². The Hall–Kier alpha value is -2.37. The Morgan fingerprint density at radius 2 is 2.14 bits per heavy atom. The van der Waals surface area contributed by atoms with Gasteiger partial charge in [0.05, 0.1) is 7.11 Å². The molecular weight excluding hydrogens is 326 g/mol. The number of nitriles is 1. The molecule has 0 spiro atoms. The molecule has 2 heterocycles. The largest absolute Gasteiger partial charge is 0.465 e. The fourth-order valence-electron chi connectivity index (χ4n) is 1.68. The SMILES string of the molecule is COC(=O)c1sccc1-c1ccc(C=C(C#N)S(C)(=O)=O)o1. The average molecular weight is 337 g/mol. The van der Waals surface area contributed by atoms with Crippen LogP contribution in [-0.4, -0.2) is 27.8 Å². The van der Waals surface area contributed by atoms with E-state index in [2.05, 4.69) is 4.74 Å². The second-order valence-electron chi connectivity index (χ2n) is 4.25. The van der Waals surface area contributed by atoms with E-state index < -0.39 is 20.7 Å². The van der Waals surface area contributed by atoms with Crippen molar-refractivity contribution in [2.24, 2.45) is 0 Å². The van der Waals surface area contributed by atoms with Crippen molar-refractivity contribution in [3.63, 3.8) is 0 Å². The second-order valence-corrected chi connectivity index (χ2v) is 7.15. The molecule has 2 aromatic heterocycles. The van der Waals surface area contributed by atoms with Gasteiger partial charge in [0, 0.05) is 17.9 Å². The molecule has 0 radical (unpaired) electrons. The fourth-order valence-corrected chi connectivity index (χ4v) is 2.99. The van der Waals surface area contributed by atoms with E-state index in [1.165, 1.54) is 24.5 Å². The highest BCUT2D eigenvalue weighted by atomic mass is 32.2. The van der Waals surface area contributed by atoms with E-state index in [1.807, 2.05) is 0 Å². The predicted octanol–water partition coefficient (Wildman–Crippen LogP) is 2.70. The first-order valence-corrected chi connectivity index (χ1v) is 8.71. The molecule has 2 aromatic rings. The van der Waals surface area contributed by atoms with Crippen LogP contribution in [0.3, 0.4) is 0 Å². The Balaban J connectivity index is 2.42. The van der Waals surface area contributed by atoms with E-state index in [0.29, 0.717) is 16.2 Å². The van der Waals surface area contributed by atoms with Crippen molar-refractivity contribution in [2.45, 2.75) is 0 Å². The minimum Gasteiger partial charge on any atom is -0.465 e. The third-order valence-corrected chi connectivity index (χ3v) is 4.61. The van der Waals surface area contributed by atoms with E-state index in [1.54, 1.807) is 23.6 Å². The minimum atomic E-state index is -3.62. The van der Waals surface area contributed by atoms with Crippen LogP contribution in [0.25, 0.3) is 17.4 Å². The van der Waals surface area contributed by atoms with Gasteiger partial charge in [-0.2, -0.15) is 5.26 Å². The number of carbonyl (C=O) groups is 1. The molecule has 22 heavy (non-hydrogen) atoms. The van der Waals surface area contributed by atoms with Crippen molar-refractivity contribution in [3.05, 3.63) is 39.1 Å². The first-order valence-electron chi connectivity index (χ1n) is 5.94. The molecule has 2 rings (SSSR count). The lowest BCUT2D eigenvalue weighted by Gasteiger charge is -1.99. The van der Waals surface area contributed by atoms with Crippen LogP contribution < -0.4 is 0 Å². The van der Waals surface area contributed by atoms with Gasteiger partial charge in [0.15, 0.2) is 9.84 Å². The molecule has 0 aliphatic carbocycles. The summed E-state index contributed by atoms with van der Waals surface area (Å²) in [6.07, 6.45) is 2.09. The summed E-state index contributed by atoms with van der Waals surface area (Å²) in [5.74, 6) is 0.116. The Kier molecular flexibility index (Phi) is 4.49. The van der Waals surface area contributed by atoms with Gasteiger partial charge in [0.1, 0.15) is 27.4 Å². The summed E-state index contributed by atoms with van der Waals surface area (Å²) in [6.45, 7) is 0. The van der Waals surface area contributed by atoms with Crippen LogP contribution in [0.2, 0.25) is 0 Å². The number of allylic oxidation sites excluding steroid dienone is 1. The summed E-state index contributed by atoms with van der Waals surface area (Å²) in [6, 6.07) is 6.43. The standard InChI is InChI=1S/C14H11NO5S2/c1-19-14(16)13-11(5-6-21-13)12-4-3-9(20-12)7-10(8-15)22(2,17)18/h3-7H,1-2H3. The quantitative estimate of drug-likeness (QED) is 0.628. The summed E-state index contributed by atoms with van der Waals surface area (Å²) >= 11 is 1.21. The summed E-state index contributed by atoms with van der Waals surface area (Å²) in [5.41, 5.74) is 0.550. The molecule has 114 valence electrons. The number of hydrogen-bond donors (Lipinski definition) is 0. The van der Waals surface area contributed by atoms with Crippen LogP contribution in [0.4, 0.5) is 0 Å². The third kappa shape index (κ3) is 3.27. The third-order valence-electron chi connectivity index (χ3n) is 2.71. The lowest BCUT2D eigenvalue weighted by Crippen LogP contribution is -1.99. The van der Waals surface area contributed by atoms with Crippen LogP contribution >= 0.6 is 11.3 Å². The Morgan fingerprint density at radius 1 is 1.41 bits per heavy atom. The zero-order chi connectivity index (χ0) is 16.3. The average Bonchev–Trinajstić information content (AvgIpc) is 3.10. The highest BCUT2D eigenvalue weighted by Crippen LogP contribution is 2.31. The molecule has 0 aliphatic heterocycles. The second kappa shape index (κ2) is 6.17. The maximum atomic E-state index is 11.6. The normalized spacial score (nSPS) is 12.0. The van der Waals surface area contributed by atoms with Gasteiger partial charge < -0.3 is 9.15 Å². The highest BCUT2D eigenvalue weighted by molar-refractivity contribution is 7.95. The molecule has 8 heteroatoms. The number of esters is 1. The van der Waals surface area contributed by atoms with Gasteiger partial charge in [-0.25, -0.2) is 13.2 Å². The predicted molar refractivity (Wildman–Crippen MR) is 81.8 cm³/mol. The molecular formula is C14H11NO5S2. The first kappa shape index (κ1) is 16.0. The maximum Gasteiger partial charge on any atom is 0.348 e. The van der Waals surface area contributed by atoms with Gasteiger partial charge in [-0.15, -0.1) is 11.3 Å². The van der Waals surface area contributed by atoms with Gasteiger partial charge in [-0.05, 0) is 23.6 Å². The lowest BCUT2D eigenvalue weighted by atomic mass is 10.2. The zero-order valence-electron chi connectivity index (χ0n) is 11.7. The number of hydrogen-bond acceptors (Lipinski definition) is 7. The van der Waals surface area contributed by atoms with Gasteiger partial charge in [-0.3, -0.25) is 0 Å². The van der Waals surface area contributed by atoms with Crippen molar-refractivity contribution < 1.29 is 22.4 Å². The van der Waals surface area contributed by atoms with Gasteiger partial charge in [-0.1, -0.05) is 0 Å². The molecule has 0 N–H and O–H groups in total. The van der Waals surface area contributed by atoms with Crippen molar-refractivity contribution >= 4 is 33.2 Å². The van der Waals surface area contributed by atoms with Gasteiger partial charge in [0.25, 0.3) is 0 Å². The maximum absolute atomic E-state index is 11.6. The molecule has 0 amide bonds. The smallest absolute Gasteiger partial charge is 0.348 e. The number of rotatable bonds is 4. The number of methoxy groups -OCH3 is 1. The van der Waals surface area contributed by atoms with E-state index in [4.69, 9.17) is 9.68 Å². The molecule has 0 fully saturated rings. The van der Waals surface area contributed by atoms with Crippen LogP contribution in [0.5, 0.6) is 0 Å². The Bertz CT molecular complexity index is 880. The van der Waals surface area contributed by atoms with E-state index in [0.717, 1.165) is 12.3 Å². The molecule has 0 bridgehead atoms. The number of furan rings is 1. The molecule has 0 saturated heterocycles. The van der Waals surface area contributed by atoms with E-state index in [-0.39, 0.29) is 5.76 Å². The molecule has 6 nitrogen and oxygen atoms in total. The highest BCUT2D eigenvalue weighted by Gasteiger charge is 2.18. The lowest BCUT2D eigenvalue weighted by molar-refractivity contribution is 0.0607. The monoisotopic (exact) mass is 337 g/mol. The minimum absolute atomic E-state index is 0.207. The number of nitrogens with zero attached hydrogens (tertiary/aromatic N) is 1. The summed E-state index contributed by atoms with van der Waals surface area (Å²) in [4.78, 5) is 11.6. The van der Waals surface area contributed by atoms with Crippen molar-refractivity contribution in [2.75, 3.05) is 13.4 Å². The molecule has 0 unspecified atom stereocenters. The van der Waals surface area contributed by atoms with Crippen molar-refractivity contribution in [1.29, 1.82) is 5.26 Å². The van der Waals surface area contributed by atoms with Crippen LogP contribution in [0, 0.1) is 11.3 Å². The van der Waals surface area contributed by atoms with Crippen molar-refractivity contribution in [1.82, 2.24) is 0 Å². The fraction of sp³-hybridized carbons (Fsp3) is 0.143. The number of ether oxygens (including phenoxy) is 1. The molecule has 0 aromatic carbocycles. The van der Waals surface area contributed by atoms with Crippen LogP contribution in [0.15, 0.2) is 32.9 Å². The van der Waals surface area contributed by atoms with E-state index >= 15 is 0 Å². The summed E-state index contributed by atoms with van der Waals surface area (Å²) < 4.78 is 33.0. The number of sulfone groups is 1. The first-order chi connectivity index (χ1) is 10.4. The molecule has 0 atom stereocenters. The number of thiophene rings is 1. The topological polar surface area (TPSA) is 97.4 Å². The Labute approximate surface area is 131 Å². The van der Waals surface area contributed by atoms with Gasteiger partial charge in [0.2, 0.25) is 0 Å². The van der Waals surface area contributed by atoms with Crippen LogP contribution in [0.1, 0.15) is 15.4 Å². The van der Waals surface area contributed by atoms with Crippen LogP contribution in [-0.2, 0) is 14.6 Å². The summed E-state index contributed by atoms with van der Waals surface area (Å²) in [5, 5.41) is 10.6.